The first-order valence-corrected chi connectivity index (χ1v) is 8.13. The van der Waals surface area contributed by atoms with Gasteiger partial charge in [0.2, 0.25) is 6.79 Å². The molecular weight excluding hydrogens is 357 g/mol. The summed E-state index contributed by atoms with van der Waals surface area (Å²) < 4.78 is 25.0. The molecule has 0 saturated carbocycles. The Balaban J connectivity index is 1.52. The van der Waals surface area contributed by atoms with Gasteiger partial charge in [0.25, 0.3) is 5.91 Å². The predicted octanol–water partition coefficient (Wildman–Crippen LogP) is 0.988. The Kier molecular flexibility index (Phi) is 4.11. The lowest BCUT2D eigenvalue weighted by atomic mass is 10.2. The number of amides is 1. The minimum atomic E-state index is -0.852. The largest absolute Gasteiger partial charge is 0.454 e. The van der Waals surface area contributed by atoms with Gasteiger partial charge in [-0.1, -0.05) is 0 Å². The number of nitrogens with one attached hydrogen (secondary N) is 2. The Morgan fingerprint density at radius 3 is 2.81 bits per heavy atom. The van der Waals surface area contributed by atoms with E-state index < -0.39 is 16.9 Å². The first-order chi connectivity index (χ1) is 13.0. The van der Waals surface area contributed by atoms with E-state index in [0.717, 1.165) is 6.07 Å². The van der Waals surface area contributed by atoms with Crippen molar-refractivity contribution in [2.24, 2.45) is 0 Å². The molecule has 0 fully saturated rings. The molecule has 138 valence electrons. The standard InChI is InChI=1S/C18H14FN3O5/c19-11-2-3-13-12(8-11)21-17(24)18(25)22(13)6-5-20-16(23)10-1-4-14-15(7-10)27-9-26-14/h1-4,7-8H,5-6,9H2,(H,20,23)(H,21,24). The van der Waals surface area contributed by atoms with E-state index >= 15 is 0 Å². The van der Waals surface area contributed by atoms with Crippen molar-refractivity contribution in [3.8, 4) is 11.5 Å². The van der Waals surface area contributed by atoms with Crippen molar-refractivity contribution in [1.82, 2.24) is 14.9 Å². The molecule has 2 N–H and O–H groups in total. The summed E-state index contributed by atoms with van der Waals surface area (Å²) in [6.07, 6.45) is 0. The van der Waals surface area contributed by atoms with Gasteiger partial charge in [0.05, 0.1) is 11.0 Å². The van der Waals surface area contributed by atoms with E-state index in [2.05, 4.69) is 10.3 Å². The Bertz CT molecular complexity index is 1170. The van der Waals surface area contributed by atoms with Gasteiger partial charge in [0, 0.05) is 18.7 Å². The van der Waals surface area contributed by atoms with Gasteiger partial charge in [-0.15, -0.1) is 0 Å². The normalized spacial score (nSPS) is 12.3. The van der Waals surface area contributed by atoms with E-state index in [0.29, 0.717) is 22.6 Å². The lowest BCUT2D eigenvalue weighted by Gasteiger charge is -2.11. The molecule has 1 amide bonds. The highest BCUT2D eigenvalue weighted by Gasteiger charge is 2.16. The second-order valence-electron chi connectivity index (χ2n) is 5.90. The Hall–Kier alpha value is -3.62. The number of halogens is 1. The number of H-pyrrole nitrogens is 1. The second-order valence-corrected chi connectivity index (χ2v) is 5.90. The summed E-state index contributed by atoms with van der Waals surface area (Å²) >= 11 is 0. The van der Waals surface area contributed by atoms with Crippen molar-refractivity contribution < 1.29 is 18.7 Å². The van der Waals surface area contributed by atoms with Gasteiger partial charge in [0.15, 0.2) is 11.5 Å². The third kappa shape index (κ3) is 3.14. The van der Waals surface area contributed by atoms with Crippen LogP contribution in [-0.2, 0) is 6.54 Å². The molecule has 2 aromatic carbocycles. The molecular formula is C18H14FN3O5. The topological polar surface area (TPSA) is 102 Å². The van der Waals surface area contributed by atoms with Crippen molar-refractivity contribution >= 4 is 16.9 Å². The van der Waals surface area contributed by atoms with Gasteiger partial charge in [-0.2, -0.15) is 0 Å². The van der Waals surface area contributed by atoms with Crippen LogP contribution in [0.5, 0.6) is 11.5 Å². The maximum Gasteiger partial charge on any atom is 0.316 e. The monoisotopic (exact) mass is 371 g/mol. The van der Waals surface area contributed by atoms with Gasteiger partial charge >= 0.3 is 11.1 Å². The molecule has 3 aromatic rings. The van der Waals surface area contributed by atoms with Crippen LogP contribution >= 0.6 is 0 Å². The molecule has 0 bridgehead atoms. The van der Waals surface area contributed by atoms with Crippen LogP contribution in [-0.4, -0.2) is 28.8 Å². The number of nitrogens with zero attached hydrogens (tertiary/aromatic N) is 1. The van der Waals surface area contributed by atoms with Gasteiger partial charge < -0.3 is 24.3 Å². The molecule has 0 unspecified atom stereocenters. The fourth-order valence-electron chi connectivity index (χ4n) is 2.89. The molecule has 1 aliphatic heterocycles. The zero-order valence-electron chi connectivity index (χ0n) is 14.0. The molecule has 9 heteroatoms. The molecule has 0 aliphatic carbocycles. The van der Waals surface area contributed by atoms with Crippen molar-refractivity contribution in [3.05, 3.63) is 68.5 Å². The second kappa shape index (κ2) is 6.60. The van der Waals surface area contributed by atoms with Crippen LogP contribution in [0.15, 0.2) is 46.0 Å². The first kappa shape index (κ1) is 16.8. The van der Waals surface area contributed by atoms with E-state index in [1.54, 1.807) is 18.2 Å². The number of carbonyl (C=O) groups is 1. The fourth-order valence-corrected chi connectivity index (χ4v) is 2.89. The van der Waals surface area contributed by atoms with Crippen LogP contribution in [0.25, 0.3) is 11.0 Å². The van der Waals surface area contributed by atoms with Gasteiger partial charge in [-0.3, -0.25) is 14.4 Å². The smallest absolute Gasteiger partial charge is 0.316 e. The molecule has 0 atom stereocenters. The predicted molar refractivity (Wildman–Crippen MR) is 93.7 cm³/mol. The number of aromatic nitrogens is 2. The first-order valence-electron chi connectivity index (χ1n) is 8.13. The summed E-state index contributed by atoms with van der Waals surface area (Å²) in [4.78, 5) is 38.5. The number of aromatic amines is 1. The molecule has 8 nitrogen and oxygen atoms in total. The van der Waals surface area contributed by atoms with Crippen LogP contribution in [0.2, 0.25) is 0 Å². The summed E-state index contributed by atoms with van der Waals surface area (Å²) in [5.74, 6) is 0.169. The van der Waals surface area contributed by atoms with E-state index in [9.17, 15) is 18.8 Å². The van der Waals surface area contributed by atoms with Crippen LogP contribution < -0.4 is 25.9 Å². The molecule has 1 aliphatic rings. The maximum absolute atomic E-state index is 13.4. The third-order valence-electron chi connectivity index (χ3n) is 4.19. The Morgan fingerprint density at radius 2 is 1.96 bits per heavy atom. The van der Waals surface area contributed by atoms with E-state index in [1.165, 1.54) is 16.7 Å². The van der Waals surface area contributed by atoms with Gasteiger partial charge in [-0.25, -0.2) is 4.39 Å². The van der Waals surface area contributed by atoms with Crippen LogP contribution in [0, 0.1) is 5.82 Å². The summed E-state index contributed by atoms with van der Waals surface area (Å²) in [6, 6.07) is 8.54. The number of hydrogen-bond donors (Lipinski definition) is 2. The minimum Gasteiger partial charge on any atom is -0.454 e. The minimum absolute atomic E-state index is 0.0567. The van der Waals surface area contributed by atoms with Gasteiger partial charge in [-0.05, 0) is 36.4 Å². The van der Waals surface area contributed by atoms with Gasteiger partial charge in [0.1, 0.15) is 5.82 Å². The summed E-state index contributed by atoms with van der Waals surface area (Å²) in [6.45, 7) is 0.268. The van der Waals surface area contributed by atoms with Crippen molar-refractivity contribution in [3.63, 3.8) is 0 Å². The van der Waals surface area contributed by atoms with Crippen LogP contribution in [0.1, 0.15) is 10.4 Å². The maximum atomic E-state index is 13.4. The zero-order valence-corrected chi connectivity index (χ0v) is 14.0. The van der Waals surface area contributed by atoms with Crippen molar-refractivity contribution in [2.45, 2.75) is 6.54 Å². The lowest BCUT2D eigenvalue weighted by molar-refractivity contribution is 0.0952. The third-order valence-corrected chi connectivity index (χ3v) is 4.19. The average Bonchev–Trinajstić information content (AvgIpc) is 3.12. The zero-order chi connectivity index (χ0) is 19.0. The molecule has 0 spiro atoms. The van der Waals surface area contributed by atoms with E-state index in [-0.39, 0.29) is 31.3 Å². The summed E-state index contributed by atoms with van der Waals surface area (Å²) in [5.41, 5.74) is -0.661. The Morgan fingerprint density at radius 1 is 1.15 bits per heavy atom. The molecule has 27 heavy (non-hydrogen) atoms. The number of fused-ring (bicyclic) bond motifs is 2. The Labute approximate surface area is 151 Å². The van der Waals surface area contributed by atoms with E-state index in [1.807, 2.05) is 0 Å². The number of hydrogen-bond acceptors (Lipinski definition) is 5. The summed E-state index contributed by atoms with van der Waals surface area (Å²) in [7, 11) is 0. The number of ether oxygens (including phenoxy) is 2. The molecule has 2 heterocycles. The highest BCUT2D eigenvalue weighted by Crippen LogP contribution is 2.32. The highest BCUT2D eigenvalue weighted by molar-refractivity contribution is 5.94. The van der Waals surface area contributed by atoms with E-state index in [4.69, 9.17) is 9.47 Å². The molecule has 0 saturated heterocycles. The summed E-state index contributed by atoms with van der Waals surface area (Å²) in [5, 5.41) is 2.68. The fraction of sp³-hybridized carbons (Fsp3) is 0.167. The quantitative estimate of drug-likeness (QED) is 0.666. The van der Waals surface area contributed by atoms with Crippen molar-refractivity contribution in [2.75, 3.05) is 13.3 Å². The molecule has 1 aromatic heterocycles. The average molecular weight is 371 g/mol. The molecule has 0 radical (unpaired) electrons. The lowest BCUT2D eigenvalue weighted by Crippen LogP contribution is -2.39. The van der Waals surface area contributed by atoms with Crippen LogP contribution in [0.3, 0.4) is 0 Å². The SMILES string of the molecule is O=C(NCCn1c(=O)c(=O)[nH]c2cc(F)ccc21)c1ccc2c(c1)OCO2. The van der Waals surface area contributed by atoms with Crippen LogP contribution in [0.4, 0.5) is 4.39 Å². The number of carbonyl (C=O) groups excluding carboxylic acids is 1. The molecule has 4 rings (SSSR count). The highest BCUT2D eigenvalue weighted by atomic mass is 19.1. The number of benzene rings is 2. The van der Waals surface area contributed by atoms with Crippen molar-refractivity contribution in [1.29, 1.82) is 0 Å². The number of rotatable bonds is 4.